The van der Waals surface area contributed by atoms with Crippen molar-refractivity contribution in [1.29, 1.82) is 0 Å². The summed E-state index contributed by atoms with van der Waals surface area (Å²) in [4.78, 5) is 23.6. The van der Waals surface area contributed by atoms with Crippen LogP contribution in [0, 0.1) is 0 Å². The number of imidazole rings is 1. The molecule has 0 aliphatic carbocycles. The minimum Gasteiger partial charge on any atom is -0.437 e. The lowest BCUT2D eigenvalue weighted by Crippen LogP contribution is -2.43. The van der Waals surface area contributed by atoms with Gasteiger partial charge in [0, 0.05) is 43.4 Å². The molecule has 0 unspecified atom stereocenters. The molecular weight excluding hydrogens is 416 g/mol. The number of hydrogen-bond donors (Lipinski definition) is 3. The van der Waals surface area contributed by atoms with Crippen LogP contribution >= 0.6 is 0 Å². The Bertz CT molecular complexity index is 1410. The van der Waals surface area contributed by atoms with E-state index in [1.807, 2.05) is 48.7 Å². The van der Waals surface area contributed by atoms with Gasteiger partial charge in [-0.25, -0.2) is 4.98 Å². The Morgan fingerprint density at radius 2 is 1.79 bits per heavy atom. The number of rotatable bonds is 5. The van der Waals surface area contributed by atoms with Gasteiger partial charge in [-0.15, -0.1) is 0 Å². The zero-order valence-electron chi connectivity index (χ0n) is 17.8. The molecule has 3 aromatic heterocycles. The van der Waals surface area contributed by atoms with E-state index in [1.54, 1.807) is 6.33 Å². The van der Waals surface area contributed by atoms with Gasteiger partial charge in [0.15, 0.2) is 5.65 Å². The van der Waals surface area contributed by atoms with Crippen molar-refractivity contribution in [2.45, 2.75) is 0 Å². The molecule has 0 saturated carbocycles. The number of anilines is 3. The van der Waals surface area contributed by atoms with Gasteiger partial charge in [0.1, 0.15) is 11.3 Å². The second-order valence-corrected chi connectivity index (χ2v) is 7.76. The molecule has 0 bridgehead atoms. The van der Waals surface area contributed by atoms with Crippen molar-refractivity contribution in [2.75, 3.05) is 36.4 Å². The van der Waals surface area contributed by atoms with E-state index in [2.05, 4.69) is 52.6 Å². The predicted molar refractivity (Wildman–Crippen MR) is 128 cm³/mol. The van der Waals surface area contributed by atoms with Gasteiger partial charge in [-0.2, -0.15) is 9.97 Å². The van der Waals surface area contributed by atoms with Crippen LogP contribution in [0.5, 0.6) is 11.6 Å². The molecule has 1 aliphatic heterocycles. The molecule has 0 amide bonds. The first kappa shape index (κ1) is 19.4. The quantitative estimate of drug-likeness (QED) is 0.380. The van der Waals surface area contributed by atoms with E-state index in [0.29, 0.717) is 28.7 Å². The SMILES string of the molecule is c1ccc(Oc2nc(Nc3cccc4c(N5CCNCC5)ccnc34)nc3nc[nH]c23)cc1. The first-order valence-corrected chi connectivity index (χ1v) is 10.9. The summed E-state index contributed by atoms with van der Waals surface area (Å²) in [6, 6.07) is 17.7. The fourth-order valence-electron chi connectivity index (χ4n) is 4.10. The molecule has 6 rings (SSSR count). The Labute approximate surface area is 189 Å². The number of hydrogen-bond acceptors (Lipinski definition) is 8. The Morgan fingerprint density at radius 1 is 0.909 bits per heavy atom. The van der Waals surface area contributed by atoms with Gasteiger partial charge in [0.25, 0.3) is 5.88 Å². The van der Waals surface area contributed by atoms with Gasteiger partial charge < -0.3 is 25.3 Å². The smallest absolute Gasteiger partial charge is 0.250 e. The minimum atomic E-state index is 0.391. The predicted octanol–water partition coefficient (Wildman–Crippen LogP) is 3.85. The number of pyridine rings is 1. The summed E-state index contributed by atoms with van der Waals surface area (Å²) in [6.45, 7) is 3.89. The molecule has 1 aliphatic rings. The molecule has 2 aromatic carbocycles. The summed E-state index contributed by atoms with van der Waals surface area (Å²) in [5.74, 6) is 1.48. The van der Waals surface area contributed by atoms with Crippen LogP contribution < -0.4 is 20.3 Å². The third-order valence-electron chi connectivity index (χ3n) is 5.66. The third kappa shape index (κ3) is 3.79. The largest absolute Gasteiger partial charge is 0.437 e. The summed E-state index contributed by atoms with van der Waals surface area (Å²) in [5.41, 5.74) is 4.03. The lowest BCUT2D eigenvalue weighted by molar-refractivity contribution is 0.468. The van der Waals surface area contributed by atoms with Crippen LogP contribution in [0.2, 0.25) is 0 Å². The van der Waals surface area contributed by atoms with E-state index < -0.39 is 0 Å². The molecule has 0 atom stereocenters. The second kappa shape index (κ2) is 8.36. The van der Waals surface area contributed by atoms with E-state index >= 15 is 0 Å². The molecular formula is C24H22N8O. The molecule has 164 valence electrons. The first-order valence-electron chi connectivity index (χ1n) is 10.9. The number of nitrogens with one attached hydrogen (secondary N) is 3. The monoisotopic (exact) mass is 438 g/mol. The van der Waals surface area contributed by atoms with Crippen molar-refractivity contribution in [2.24, 2.45) is 0 Å². The zero-order chi connectivity index (χ0) is 22.0. The summed E-state index contributed by atoms with van der Waals surface area (Å²) in [6.07, 6.45) is 3.44. The molecule has 5 aromatic rings. The number of piperazine rings is 1. The molecule has 1 saturated heterocycles. The average Bonchev–Trinajstić information content (AvgIpc) is 3.34. The lowest BCUT2D eigenvalue weighted by atomic mass is 10.1. The maximum absolute atomic E-state index is 6.02. The number of benzene rings is 2. The number of fused-ring (bicyclic) bond motifs is 2. The van der Waals surface area contributed by atoms with E-state index in [-0.39, 0.29) is 0 Å². The Balaban J connectivity index is 1.38. The zero-order valence-corrected chi connectivity index (χ0v) is 17.8. The standard InChI is InChI=1S/C24H22N8O/c1-2-5-16(6-3-1)33-23-21-22(28-15-27-21)30-24(31-23)29-18-8-4-7-17-19(9-10-26-20(17)18)32-13-11-25-12-14-32/h1-10,15,25H,11-14H2,(H2,27,28,29,30,31). The highest BCUT2D eigenvalue weighted by atomic mass is 16.5. The van der Waals surface area contributed by atoms with E-state index in [4.69, 9.17) is 4.74 Å². The Morgan fingerprint density at radius 3 is 2.67 bits per heavy atom. The maximum Gasteiger partial charge on any atom is 0.250 e. The van der Waals surface area contributed by atoms with Crippen LogP contribution in [-0.2, 0) is 0 Å². The highest BCUT2D eigenvalue weighted by molar-refractivity contribution is 5.99. The van der Waals surface area contributed by atoms with Crippen LogP contribution in [0.25, 0.3) is 22.1 Å². The Hall–Kier alpha value is -4.24. The average molecular weight is 438 g/mol. The number of aromatic nitrogens is 5. The first-order chi connectivity index (χ1) is 16.3. The van der Waals surface area contributed by atoms with Crippen LogP contribution in [0.4, 0.5) is 17.3 Å². The van der Waals surface area contributed by atoms with Crippen LogP contribution in [0.1, 0.15) is 0 Å². The van der Waals surface area contributed by atoms with Gasteiger partial charge in [0.05, 0.1) is 17.5 Å². The molecule has 1 fully saturated rings. The third-order valence-corrected chi connectivity index (χ3v) is 5.66. The number of aromatic amines is 1. The number of ether oxygens (including phenoxy) is 1. The van der Waals surface area contributed by atoms with E-state index in [9.17, 15) is 0 Å². The number of para-hydroxylation sites is 2. The second-order valence-electron chi connectivity index (χ2n) is 7.76. The van der Waals surface area contributed by atoms with Crippen LogP contribution in [0.3, 0.4) is 0 Å². The summed E-state index contributed by atoms with van der Waals surface area (Å²) < 4.78 is 6.02. The van der Waals surface area contributed by atoms with Crippen molar-refractivity contribution < 1.29 is 4.74 Å². The molecule has 0 spiro atoms. The minimum absolute atomic E-state index is 0.391. The van der Waals surface area contributed by atoms with Crippen molar-refractivity contribution in [1.82, 2.24) is 30.2 Å². The van der Waals surface area contributed by atoms with Gasteiger partial charge >= 0.3 is 0 Å². The van der Waals surface area contributed by atoms with Crippen LogP contribution in [0.15, 0.2) is 67.1 Å². The van der Waals surface area contributed by atoms with Crippen molar-refractivity contribution in [3.63, 3.8) is 0 Å². The fourth-order valence-corrected chi connectivity index (χ4v) is 4.10. The van der Waals surface area contributed by atoms with Gasteiger partial charge in [0.2, 0.25) is 5.95 Å². The summed E-state index contributed by atoms with van der Waals surface area (Å²) in [7, 11) is 0. The number of H-pyrrole nitrogens is 1. The molecule has 3 N–H and O–H groups in total. The highest BCUT2D eigenvalue weighted by Crippen LogP contribution is 2.32. The highest BCUT2D eigenvalue weighted by Gasteiger charge is 2.17. The van der Waals surface area contributed by atoms with Gasteiger partial charge in [-0.1, -0.05) is 30.3 Å². The van der Waals surface area contributed by atoms with Crippen molar-refractivity contribution in [3.05, 3.63) is 67.1 Å². The fraction of sp³-hybridized carbons (Fsp3) is 0.167. The topological polar surface area (TPSA) is 104 Å². The maximum atomic E-state index is 6.02. The van der Waals surface area contributed by atoms with Crippen molar-refractivity contribution in [3.8, 4) is 11.6 Å². The molecule has 4 heterocycles. The van der Waals surface area contributed by atoms with Crippen molar-refractivity contribution >= 4 is 39.4 Å². The normalized spacial score (nSPS) is 14.0. The van der Waals surface area contributed by atoms with Gasteiger partial charge in [-0.3, -0.25) is 4.98 Å². The summed E-state index contributed by atoms with van der Waals surface area (Å²) >= 11 is 0. The van der Waals surface area contributed by atoms with Crippen LogP contribution in [-0.4, -0.2) is 51.1 Å². The lowest BCUT2D eigenvalue weighted by Gasteiger charge is -2.30. The molecule has 0 radical (unpaired) electrons. The molecule has 9 heteroatoms. The molecule has 9 nitrogen and oxygen atoms in total. The van der Waals surface area contributed by atoms with E-state index in [1.165, 1.54) is 5.69 Å². The summed E-state index contributed by atoms with van der Waals surface area (Å²) in [5, 5.41) is 7.83. The number of nitrogens with zero attached hydrogens (tertiary/aromatic N) is 5. The molecule has 33 heavy (non-hydrogen) atoms. The van der Waals surface area contributed by atoms with Gasteiger partial charge in [-0.05, 0) is 24.3 Å². The Kier molecular flexibility index (Phi) is 4.93. The van der Waals surface area contributed by atoms with E-state index in [0.717, 1.165) is 42.8 Å².